The van der Waals surface area contributed by atoms with E-state index in [1.54, 1.807) is 18.9 Å². The first-order chi connectivity index (χ1) is 9.08. The van der Waals surface area contributed by atoms with Gasteiger partial charge >= 0.3 is 12.0 Å². The third kappa shape index (κ3) is 4.76. The predicted molar refractivity (Wildman–Crippen MR) is 68.4 cm³/mol. The number of nitrogens with zero attached hydrogens (tertiary/aromatic N) is 1. The lowest BCUT2D eigenvalue weighted by Crippen LogP contribution is -2.47. The van der Waals surface area contributed by atoms with Gasteiger partial charge in [0.25, 0.3) is 0 Å². The maximum absolute atomic E-state index is 11.8. The molecule has 1 heterocycles. The van der Waals surface area contributed by atoms with Gasteiger partial charge in [-0.25, -0.2) is 4.79 Å². The predicted octanol–water partition coefficient (Wildman–Crippen LogP) is -0.283. The molecule has 0 aromatic heterocycles. The maximum atomic E-state index is 11.8. The standard InChI is InChI=1S/C12H21N3O4/c1-3-19-10(16)8-14-12(18)15-6-4-9(5-7-15)11(17)13-2/h9H,3-8H2,1-2H3,(H,13,17)(H,14,18). The average molecular weight is 271 g/mol. The van der Waals surface area contributed by atoms with Crippen LogP contribution < -0.4 is 10.6 Å². The lowest BCUT2D eigenvalue weighted by molar-refractivity contribution is -0.141. The van der Waals surface area contributed by atoms with Gasteiger partial charge in [-0.1, -0.05) is 0 Å². The number of carbonyl (C=O) groups is 3. The molecule has 1 rings (SSSR count). The van der Waals surface area contributed by atoms with Gasteiger partial charge in [0.15, 0.2) is 0 Å². The van der Waals surface area contributed by atoms with Crippen LogP contribution in [0, 0.1) is 5.92 Å². The van der Waals surface area contributed by atoms with E-state index in [1.165, 1.54) is 0 Å². The fourth-order valence-electron chi connectivity index (χ4n) is 2.02. The van der Waals surface area contributed by atoms with E-state index in [0.717, 1.165) is 0 Å². The van der Waals surface area contributed by atoms with Crippen molar-refractivity contribution in [1.82, 2.24) is 15.5 Å². The molecule has 7 heteroatoms. The van der Waals surface area contributed by atoms with Gasteiger partial charge in [-0.15, -0.1) is 0 Å². The van der Waals surface area contributed by atoms with E-state index in [0.29, 0.717) is 32.5 Å². The third-order valence-corrected chi connectivity index (χ3v) is 3.09. The summed E-state index contributed by atoms with van der Waals surface area (Å²) < 4.78 is 4.72. The second kappa shape index (κ2) is 7.60. The van der Waals surface area contributed by atoms with Gasteiger partial charge in [-0.2, -0.15) is 0 Å². The Labute approximate surface area is 112 Å². The molecule has 0 radical (unpaired) electrons. The van der Waals surface area contributed by atoms with E-state index in [9.17, 15) is 14.4 Å². The van der Waals surface area contributed by atoms with Crippen LogP contribution in [-0.2, 0) is 14.3 Å². The van der Waals surface area contributed by atoms with Crippen LogP contribution in [0.25, 0.3) is 0 Å². The highest BCUT2D eigenvalue weighted by molar-refractivity contribution is 5.81. The zero-order valence-corrected chi connectivity index (χ0v) is 11.4. The van der Waals surface area contributed by atoms with Crippen molar-refractivity contribution >= 4 is 17.9 Å². The molecular formula is C12H21N3O4. The number of nitrogens with one attached hydrogen (secondary N) is 2. The van der Waals surface area contributed by atoms with Crippen molar-refractivity contribution in [3.05, 3.63) is 0 Å². The van der Waals surface area contributed by atoms with E-state index < -0.39 is 5.97 Å². The summed E-state index contributed by atoms with van der Waals surface area (Å²) in [5, 5.41) is 5.12. The summed E-state index contributed by atoms with van der Waals surface area (Å²) in [6, 6.07) is -0.289. The van der Waals surface area contributed by atoms with E-state index in [4.69, 9.17) is 4.74 Å². The Morgan fingerprint density at radius 3 is 2.42 bits per heavy atom. The smallest absolute Gasteiger partial charge is 0.325 e. The highest BCUT2D eigenvalue weighted by Gasteiger charge is 2.26. The highest BCUT2D eigenvalue weighted by atomic mass is 16.5. The fraction of sp³-hybridized carbons (Fsp3) is 0.750. The van der Waals surface area contributed by atoms with E-state index in [2.05, 4.69) is 10.6 Å². The van der Waals surface area contributed by atoms with Crippen LogP contribution in [0.5, 0.6) is 0 Å². The molecule has 1 aliphatic rings. The number of urea groups is 1. The Balaban J connectivity index is 2.29. The van der Waals surface area contributed by atoms with Crippen LogP contribution in [0.15, 0.2) is 0 Å². The molecule has 1 saturated heterocycles. The molecule has 1 fully saturated rings. The average Bonchev–Trinajstić information content (AvgIpc) is 2.44. The van der Waals surface area contributed by atoms with Crippen molar-refractivity contribution in [3.63, 3.8) is 0 Å². The topological polar surface area (TPSA) is 87.7 Å². The first kappa shape index (κ1) is 15.3. The van der Waals surface area contributed by atoms with Crippen LogP contribution in [0.1, 0.15) is 19.8 Å². The summed E-state index contributed by atoms with van der Waals surface area (Å²) in [6.45, 7) is 2.93. The molecule has 2 N–H and O–H groups in total. The number of hydrogen-bond acceptors (Lipinski definition) is 4. The number of rotatable bonds is 4. The molecule has 0 spiro atoms. The van der Waals surface area contributed by atoms with Gasteiger partial charge < -0.3 is 20.3 Å². The number of amides is 3. The van der Waals surface area contributed by atoms with Crippen LogP contribution in [-0.4, -0.2) is 56.1 Å². The Kier molecular flexibility index (Phi) is 6.11. The SMILES string of the molecule is CCOC(=O)CNC(=O)N1CCC(C(=O)NC)CC1. The van der Waals surface area contributed by atoms with Gasteiger partial charge in [0.05, 0.1) is 6.61 Å². The minimum absolute atomic E-state index is 0.0200. The number of likely N-dealkylation sites (tertiary alicyclic amines) is 1. The normalized spacial score (nSPS) is 15.8. The maximum Gasteiger partial charge on any atom is 0.325 e. The van der Waals surface area contributed by atoms with E-state index in [-0.39, 0.29) is 24.4 Å². The molecule has 19 heavy (non-hydrogen) atoms. The summed E-state index contributed by atoms with van der Waals surface area (Å²) in [6.07, 6.45) is 1.29. The van der Waals surface area contributed by atoms with Gasteiger partial charge in [0.1, 0.15) is 6.54 Å². The summed E-state index contributed by atoms with van der Waals surface area (Å²) in [5.41, 5.74) is 0. The largest absolute Gasteiger partial charge is 0.465 e. The van der Waals surface area contributed by atoms with Crippen molar-refractivity contribution in [1.29, 1.82) is 0 Å². The van der Waals surface area contributed by atoms with Crippen molar-refractivity contribution < 1.29 is 19.1 Å². The fourth-order valence-corrected chi connectivity index (χ4v) is 2.02. The summed E-state index contributed by atoms with van der Waals surface area (Å²) in [4.78, 5) is 35.9. The van der Waals surface area contributed by atoms with Gasteiger partial charge in [-0.05, 0) is 19.8 Å². The molecule has 0 aliphatic carbocycles. The molecule has 0 bridgehead atoms. The first-order valence-corrected chi connectivity index (χ1v) is 6.48. The molecule has 3 amide bonds. The van der Waals surface area contributed by atoms with Crippen LogP contribution in [0.3, 0.4) is 0 Å². The Morgan fingerprint density at radius 1 is 1.26 bits per heavy atom. The summed E-state index contributed by atoms with van der Waals surface area (Å²) in [7, 11) is 1.61. The van der Waals surface area contributed by atoms with Crippen molar-refractivity contribution in [3.8, 4) is 0 Å². The highest BCUT2D eigenvalue weighted by Crippen LogP contribution is 2.16. The third-order valence-electron chi connectivity index (χ3n) is 3.09. The molecule has 0 atom stereocenters. The zero-order chi connectivity index (χ0) is 14.3. The van der Waals surface area contributed by atoms with E-state index >= 15 is 0 Å². The Bertz CT molecular complexity index is 338. The number of ether oxygens (including phenoxy) is 1. The molecule has 108 valence electrons. The minimum atomic E-state index is -0.448. The molecule has 1 aliphatic heterocycles. The van der Waals surface area contributed by atoms with Crippen molar-refractivity contribution in [2.45, 2.75) is 19.8 Å². The van der Waals surface area contributed by atoms with Crippen LogP contribution in [0.2, 0.25) is 0 Å². The monoisotopic (exact) mass is 271 g/mol. The number of esters is 1. The van der Waals surface area contributed by atoms with Gasteiger partial charge in [0.2, 0.25) is 5.91 Å². The Hall–Kier alpha value is -1.79. The second-order valence-electron chi connectivity index (χ2n) is 4.34. The molecule has 0 aromatic carbocycles. The molecule has 0 aromatic rings. The first-order valence-electron chi connectivity index (χ1n) is 6.48. The number of carbonyl (C=O) groups excluding carboxylic acids is 3. The number of piperidine rings is 1. The minimum Gasteiger partial charge on any atom is -0.465 e. The van der Waals surface area contributed by atoms with E-state index in [1.807, 2.05) is 0 Å². The zero-order valence-electron chi connectivity index (χ0n) is 11.4. The molecular weight excluding hydrogens is 250 g/mol. The number of hydrogen-bond donors (Lipinski definition) is 2. The molecule has 7 nitrogen and oxygen atoms in total. The molecule has 0 unspecified atom stereocenters. The lowest BCUT2D eigenvalue weighted by Gasteiger charge is -2.31. The van der Waals surface area contributed by atoms with Crippen LogP contribution in [0.4, 0.5) is 4.79 Å². The summed E-state index contributed by atoms with van der Waals surface area (Å²) in [5.74, 6) is -0.457. The van der Waals surface area contributed by atoms with Crippen LogP contribution >= 0.6 is 0 Å². The second-order valence-corrected chi connectivity index (χ2v) is 4.34. The molecule has 0 saturated carbocycles. The Morgan fingerprint density at radius 2 is 1.89 bits per heavy atom. The van der Waals surface area contributed by atoms with Crippen molar-refractivity contribution in [2.75, 3.05) is 33.3 Å². The van der Waals surface area contributed by atoms with Gasteiger partial charge in [0, 0.05) is 26.1 Å². The van der Waals surface area contributed by atoms with Crippen molar-refractivity contribution in [2.24, 2.45) is 5.92 Å². The van der Waals surface area contributed by atoms with Gasteiger partial charge in [-0.3, -0.25) is 9.59 Å². The quantitative estimate of drug-likeness (QED) is 0.688. The summed E-state index contributed by atoms with van der Waals surface area (Å²) >= 11 is 0. The lowest BCUT2D eigenvalue weighted by atomic mass is 9.96.